The first-order valence-electron chi connectivity index (χ1n) is 8.23. The molecular weight excluding hydrogens is 338 g/mol. The molecule has 0 amide bonds. The van der Waals surface area contributed by atoms with Gasteiger partial charge in [-0.1, -0.05) is 6.92 Å². The molecule has 26 heavy (non-hydrogen) atoms. The predicted molar refractivity (Wildman–Crippen MR) is 91.6 cm³/mol. The van der Waals surface area contributed by atoms with Gasteiger partial charge in [0.15, 0.2) is 5.65 Å². The van der Waals surface area contributed by atoms with Crippen molar-refractivity contribution in [3.63, 3.8) is 0 Å². The summed E-state index contributed by atoms with van der Waals surface area (Å²) in [4.78, 5) is 13.1. The van der Waals surface area contributed by atoms with Crippen LogP contribution in [0, 0.1) is 18.6 Å². The van der Waals surface area contributed by atoms with E-state index in [4.69, 9.17) is 0 Å². The molecule has 0 aliphatic heterocycles. The first-order valence-corrected chi connectivity index (χ1v) is 8.23. The van der Waals surface area contributed by atoms with Gasteiger partial charge in [0.2, 0.25) is 0 Å². The number of hydrogen-bond donors (Lipinski definition) is 0. The van der Waals surface area contributed by atoms with Crippen LogP contribution in [0.1, 0.15) is 24.0 Å². The van der Waals surface area contributed by atoms with Crippen molar-refractivity contribution in [1.29, 1.82) is 0 Å². The zero-order chi connectivity index (χ0) is 18.3. The molecular formula is C18H16F2N6. The summed E-state index contributed by atoms with van der Waals surface area (Å²) in [6, 6.07) is 3.34. The van der Waals surface area contributed by atoms with Crippen LogP contribution in [0.25, 0.3) is 17.0 Å². The van der Waals surface area contributed by atoms with E-state index in [9.17, 15) is 8.78 Å². The molecule has 0 bridgehead atoms. The van der Waals surface area contributed by atoms with Crippen molar-refractivity contribution in [1.82, 2.24) is 29.1 Å². The van der Waals surface area contributed by atoms with Crippen molar-refractivity contribution in [3.05, 3.63) is 65.6 Å². The summed E-state index contributed by atoms with van der Waals surface area (Å²) in [5, 5.41) is 4.28. The predicted octanol–water partition coefficient (Wildman–Crippen LogP) is 3.19. The lowest BCUT2D eigenvalue weighted by Crippen LogP contribution is -2.09. The maximum atomic E-state index is 14.2. The summed E-state index contributed by atoms with van der Waals surface area (Å²) in [7, 11) is 0. The molecule has 4 aromatic rings. The number of aryl methyl sites for hydroxylation is 2. The zero-order valence-corrected chi connectivity index (χ0v) is 14.3. The smallest absolute Gasteiger partial charge is 0.162 e. The first-order chi connectivity index (χ1) is 12.6. The maximum absolute atomic E-state index is 14.2. The summed E-state index contributed by atoms with van der Waals surface area (Å²) in [5.41, 5.74) is 2.64. The Hall–Kier alpha value is -3.16. The van der Waals surface area contributed by atoms with E-state index in [0.29, 0.717) is 18.2 Å². The lowest BCUT2D eigenvalue weighted by Gasteiger charge is -2.11. The summed E-state index contributed by atoms with van der Waals surface area (Å²) < 4.78 is 31.1. The van der Waals surface area contributed by atoms with Gasteiger partial charge in [-0.05, 0) is 31.5 Å². The van der Waals surface area contributed by atoms with Crippen LogP contribution in [0.2, 0.25) is 0 Å². The molecule has 8 heteroatoms. The van der Waals surface area contributed by atoms with E-state index in [0.717, 1.165) is 41.5 Å². The average molecular weight is 354 g/mol. The molecule has 1 aromatic carbocycles. The second kappa shape index (κ2) is 6.29. The summed E-state index contributed by atoms with van der Waals surface area (Å²) >= 11 is 0. The van der Waals surface area contributed by atoms with Crippen LogP contribution >= 0.6 is 0 Å². The maximum Gasteiger partial charge on any atom is 0.162 e. The van der Waals surface area contributed by atoms with Crippen LogP contribution in [0.15, 0.2) is 36.9 Å². The average Bonchev–Trinajstić information content (AvgIpc) is 3.22. The second-order valence-electron chi connectivity index (χ2n) is 5.95. The first kappa shape index (κ1) is 16.3. The molecule has 4 rings (SSSR count). The monoisotopic (exact) mass is 354 g/mol. The van der Waals surface area contributed by atoms with Crippen molar-refractivity contribution in [2.24, 2.45) is 0 Å². The molecule has 0 aliphatic carbocycles. The van der Waals surface area contributed by atoms with Gasteiger partial charge in [-0.2, -0.15) is 5.10 Å². The molecule has 0 spiro atoms. The highest BCUT2D eigenvalue weighted by molar-refractivity contribution is 5.57. The Morgan fingerprint density at radius 1 is 1.15 bits per heavy atom. The molecule has 0 N–H and O–H groups in total. The number of hydrogen-bond acceptors (Lipinski definition) is 4. The van der Waals surface area contributed by atoms with Crippen molar-refractivity contribution < 1.29 is 8.78 Å². The SMILES string of the molecule is CCc1c(Cn2ccnc2-c2cc(F)ccc2F)ncn2nc(C)nc12. The summed E-state index contributed by atoms with van der Waals surface area (Å²) in [6.45, 7) is 4.22. The number of aromatic nitrogens is 6. The van der Waals surface area contributed by atoms with E-state index < -0.39 is 11.6 Å². The molecule has 0 radical (unpaired) electrons. The van der Waals surface area contributed by atoms with E-state index >= 15 is 0 Å². The Kier molecular flexibility index (Phi) is 3.95. The highest BCUT2D eigenvalue weighted by atomic mass is 19.1. The van der Waals surface area contributed by atoms with Gasteiger partial charge in [-0.25, -0.2) is 28.2 Å². The topological polar surface area (TPSA) is 60.9 Å². The third kappa shape index (κ3) is 2.73. The minimum atomic E-state index is -0.522. The van der Waals surface area contributed by atoms with Gasteiger partial charge in [-0.3, -0.25) is 0 Å². The largest absolute Gasteiger partial charge is 0.325 e. The quantitative estimate of drug-likeness (QED) is 0.565. The Balaban J connectivity index is 1.79. The molecule has 3 heterocycles. The molecule has 0 atom stereocenters. The number of halogens is 2. The van der Waals surface area contributed by atoms with E-state index in [1.165, 1.54) is 0 Å². The van der Waals surface area contributed by atoms with E-state index in [1.807, 2.05) is 13.8 Å². The fraction of sp³-hybridized carbons (Fsp3) is 0.222. The van der Waals surface area contributed by atoms with Gasteiger partial charge in [-0.15, -0.1) is 0 Å². The normalized spacial score (nSPS) is 11.4. The number of imidazole rings is 1. The zero-order valence-electron chi connectivity index (χ0n) is 14.3. The highest BCUT2D eigenvalue weighted by Gasteiger charge is 2.16. The molecule has 0 aliphatic rings. The van der Waals surface area contributed by atoms with Crippen LogP contribution < -0.4 is 0 Å². The van der Waals surface area contributed by atoms with Crippen LogP contribution in [-0.2, 0) is 13.0 Å². The van der Waals surface area contributed by atoms with Crippen LogP contribution in [0.3, 0.4) is 0 Å². The standard InChI is InChI=1S/C18H16F2N6/c1-3-13-16(22-10-26-18(13)23-11(2)24-26)9-25-7-6-21-17(25)14-8-12(19)4-5-15(14)20/h4-8,10H,3,9H2,1-2H3. The molecule has 3 aromatic heterocycles. The van der Waals surface area contributed by atoms with Gasteiger partial charge in [0, 0.05) is 18.0 Å². The molecule has 0 unspecified atom stereocenters. The number of rotatable bonds is 4. The van der Waals surface area contributed by atoms with Crippen molar-refractivity contribution in [3.8, 4) is 11.4 Å². The van der Waals surface area contributed by atoms with Crippen molar-refractivity contribution >= 4 is 5.65 Å². The molecule has 0 saturated heterocycles. The molecule has 6 nitrogen and oxygen atoms in total. The number of nitrogens with zero attached hydrogens (tertiary/aromatic N) is 6. The minimum Gasteiger partial charge on any atom is -0.325 e. The Morgan fingerprint density at radius 3 is 2.81 bits per heavy atom. The van der Waals surface area contributed by atoms with Crippen LogP contribution in [-0.4, -0.2) is 29.1 Å². The fourth-order valence-corrected chi connectivity index (χ4v) is 3.06. The van der Waals surface area contributed by atoms with Gasteiger partial charge in [0.25, 0.3) is 0 Å². The highest BCUT2D eigenvalue weighted by Crippen LogP contribution is 2.24. The third-order valence-electron chi connectivity index (χ3n) is 4.24. The lowest BCUT2D eigenvalue weighted by molar-refractivity contribution is 0.600. The van der Waals surface area contributed by atoms with Gasteiger partial charge in [0.1, 0.15) is 29.6 Å². The fourth-order valence-electron chi connectivity index (χ4n) is 3.06. The Bertz CT molecular complexity index is 1100. The van der Waals surface area contributed by atoms with E-state index in [-0.39, 0.29) is 5.56 Å². The van der Waals surface area contributed by atoms with Gasteiger partial charge >= 0.3 is 0 Å². The van der Waals surface area contributed by atoms with E-state index in [2.05, 4.69) is 20.1 Å². The summed E-state index contributed by atoms with van der Waals surface area (Å²) in [6.07, 6.45) is 5.62. The van der Waals surface area contributed by atoms with Crippen molar-refractivity contribution in [2.75, 3.05) is 0 Å². The third-order valence-corrected chi connectivity index (χ3v) is 4.24. The Labute approximate surface area is 148 Å². The van der Waals surface area contributed by atoms with Gasteiger partial charge < -0.3 is 4.57 Å². The van der Waals surface area contributed by atoms with Crippen LogP contribution in [0.5, 0.6) is 0 Å². The van der Waals surface area contributed by atoms with Gasteiger partial charge in [0.05, 0.1) is 17.8 Å². The number of fused-ring (bicyclic) bond motifs is 1. The minimum absolute atomic E-state index is 0.118. The van der Waals surface area contributed by atoms with Crippen LogP contribution in [0.4, 0.5) is 8.78 Å². The molecule has 0 saturated carbocycles. The van der Waals surface area contributed by atoms with E-state index in [1.54, 1.807) is 27.8 Å². The second-order valence-corrected chi connectivity index (χ2v) is 5.95. The summed E-state index contributed by atoms with van der Waals surface area (Å²) in [5.74, 6) is -0.0121. The van der Waals surface area contributed by atoms with Crippen molar-refractivity contribution in [2.45, 2.75) is 26.8 Å². The Morgan fingerprint density at radius 2 is 2.00 bits per heavy atom. The molecule has 0 fully saturated rings. The lowest BCUT2D eigenvalue weighted by atomic mass is 10.1. The number of benzene rings is 1. The molecule has 132 valence electrons.